The number of rotatable bonds is 19. The van der Waals surface area contributed by atoms with E-state index in [-0.39, 0.29) is 6.61 Å². The highest BCUT2D eigenvalue weighted by Gasteiger charge is 2.44. The maximum Gasteiger partial charge on any atom is 0.186 e. The van der Waals surface area contributed by atoms with Crippen LogP contribution in [0.5, 0.6) is 0 Å². The number of hydrogen-bond donors (Lipinski definition) is 7. The van der Waals surface area contributed by atoms with Crippen LogP contribution in [0.1, 0.15) is 90.4 Å². The quantitative estimate of drug-likeness (QED) is 0.133. The molecule has 33 heavy (non-hydrogen) atoms. The zero-order valence-corrected chi connectivity index (χ0v) is 20.3. The fourth-order valence-corrected chi connectivity index (χ4v) is 4.16. The molecule has 1 fully saturated rings. The summed E-state index contributed by atoms with van der Waals surface area (Å²) in [6.07, 6.45) is 5.95. The average Bonchev–Trinajstić information content (AvgIpc) is 2.82. The van der Waals surface area contributed by atoms with E-state index >= 15 is 0 Å². The smallest absolute Gasteiger partial charge is 0.186 e. The molecule has 0 aromatic rings. The molecule has 0 saturated carbocycles. The summed E-state index contributed by atoms with van der Waals surface area (Å²) in [7, 11) is 0. The molecule has 1 aliphatic rings. The Bertz CT molecular complexity index is 470. The first kappa shape index (κ1) is 30.7. The third-order valence-corrected chi connectivity index (χ3v) is 6.49. The van der Waals surface area contributed by atoms with E-state index in [1.807, 2.05) is 0 Å². The lowest BCUT2D eigenvalue weighted by atomic mass is 9.99. The van der Waals surface area contributed by atoms with Crippen LogP contribution in [0.25, 0.3) is 0 Å². The number of aliphatic hydroxyl groups excluding tert-OH is 6. The summed E-state index contributed by atoms with van der Waals surface area (Å²) in [4.78, 5) is 0. The van der Waals surface area contributed by atoms with Gasteiger partial charge in [0.25, 0.3) is 0 Å². The van der Waals surface area contributed by atoms with E-state index in [1.54, 1.807) is 0 Å². The highest BCUT2D eigenvalue weighted by molar-refractivity contribution is 4.89. The Kier molecular flexibility index (Phi) is 16.7. The number of hydrogen-bond acceptors (Lipinski definition) is 9. The van der Waals surface area contributed by atoms with Crippen molar-refractivity contribution in [3.05, 3.63) is 0 Å². The highest BCUT2D eigenvalue weighted by Crippen LogP contribution is 2.22. The van der Waals surface area contributed by atoms with Crippen LogP contribution >= 0.6 is 0 Å². The molecule has 0 aromatic heterocycles. The van der Waals surface area contributed by atoms with Crippen LogP contribution in [-0.4, -0.2) is 92.8 Å². The minimum absolute atomic E-state index is 0.237. The van der Waals surface area contributed by atoms with E-state index in [2.05, 4.69) is 6.92 Å². The molecule has 1 saturated heterocycles. The van der Waals surface area contributed by atoms with Gasteiger partial charge in [0.05, 0.1) is 31.5 Å². The van der Waals surface area contributed by atoms with Gasteiger partial charge in [-0.1, -0.05) is 84.0 Å². The van der Waals surface area contributed by atoms with Gasteiger partial charge in [0.1, 0.15) is 24.4 Å². The van der Waals surface area contributed by atoms with Crippen molar-refractivity contribution in [2.45, 2.75) is 139 Å². The lowest BCUT2D eigenvalue weighted by Gasteiger charge is -2.40. The van der Waals surface area contributed by atoms with Gasteiger partial charge in [0.15, 0.2) is 6.29 Å². The van der Waals surface area contributed by atoms with Gasteiger partial charge in [0, 0.05) is 0 Å². The van der Waals surface area contributed by atoms with E-state index in [4.69, 9.17) is 15.2 Å². The van der Waals surface area contributed by atoms with Gasteiger partial charge in [-0.3, -0.25) is 0 Å². The fraction of sp³-hybridized carbons (Fsp3) is 1.00. The Balaban J connectivity index is 2.12. The second-order valence-electron chi connectivity index (χ2n) is 9.43. The van der Waals surface area contributed by atoms with Crippen LogP contribution in [0.4, 0.5) is 0 Å². The zero-order valence-electron chi connectivity index (χ0n) is 20.3. The first-order chi connectivity index (χ1) is 15.8. The summed E-state index contributed by atoms with van der Waals surface area (Å²) < 4.78 is 10.6. The van der Waals surface area contributed by atoms with Crippen molar-refractivity contribution in [2.24, 2.45) is 5.73 Å². The van der Waals surface area contributed by atoms with Gasteiger partial charge in [-0.05, 0) is 6.42 Å². The molecule has 8 atom stereocenters. The lowest BCUT2D eigenvalue weighted by Crippen LogP contribution is -2.60. The summed E-state index contributed by atoms with van der Waals surface area (Å²) in [6.45, 7) is 1.44. The van der Waals surface area contributed by atoms with E-state index in [9.17, 15) is 30.6 Å². The molecule has 0 bridgehead atoms. The Morgan fingerprint density at radius 2 is 1.30 bits per heavy atom. The fourth-order valence-electron chi connectivity index (χ4n) is 4.16. The van der Waals surface area contributed by atoms with Gasteiger partial charge >= 0.3 is 0 Å². The van der Waals surface area contributed by atoms with Gasteiger partial charge < -0.3 is 45.8 Å². The second-order valence-corrected chi connectivity index (χ2v) is 9.43. The Morgan fingerprint density at radius 1 is 0.788 bits per heavy atom. The molecule has 198 valence electrons. The molecule has 9 heteroatoms. The van der Waals surface area contributed by atoms with Crippen LogP contribution in [0.2, 0.25) is 0 Å². The predicted molar refractivity (Wildman–Crippen MR) is 125 cm³/mol. The molecule has 1 heterocycles. The Labute approximate surface area is 198 Å². The van der Waals surface area contributed by atoms with E-state index in [0.29, 0.717) is 6.42 Å². The Hall–Kier alpha value is -0.360. The minimum Gasteiger partial charge on any atom is -0.394 e. The van der Waals surface area contributed by atoms with Crippen molar-refractivity contribution in [2.75, 3.05) is 13.2 Å². The number of aliphatic hydroxyl groups is 6. The third kappa shape index (κ3) is 11.7. The van der Waals surface area contributed by atoms with Crippen molar-refractivity contribution in [3.63, 3.8) is 0 Å². The van der Waals surface area contributed by atoms with Crippen molar-refractivity contribution in [3.8, 4) is 0 Å². The molecule has 0 aromatic carbocycles. The van der Waals surface area contributed by atoms with Gasteiger partial charge in [0.2, 0.25) is 0 Å². The van der Waals surface area contributed by atoms with E-state index in [1.165, 1.54) is 57.8 Å². The normalized spacial score (nSPS) is 28.5. The molecular formula is C24H49NO8. The summed E-state index contributed by atoms with van der Waals surface area (Å²) in [5.41, 5.74) is 5.91. The van der Waals surface area contributed by atoms with E-state index in [0.717, 1.165) is 19.3 Å². The number of nitrogens with two attached hydrogens (primary N) is 1. The largest absolute Gasteiger partial charge is 0.394 e. The van der Waals surface area contributed by atoms with Crippen molar-refractivity contribution >= 4 is 0 Å². The minimum atomic E-state index is -1.54. The van der Waals surface area contributed by atoms with Crippen molar-refractivity contribution < 1.29 is 40.1 Å². The predicted octanol–water partition coefficient (Wildman–Crippen LogP) is 0.943. The molecule has 9 nitrogen and oxygen atoms in total. The first-order valence-corrected chi connectivity index (χ1v) is 12.9. The first-order valence-electron chi connectivity index (χ1n) is 12.9. The third-order valence-electron chi connectivity index (χ3n) is 6.49. The van der Waals surface area contributed by atoms with Crippen LogP contribution in [0.15, 0.2) is 0 Å². The van der Waals surface area contributed by atoms with Gasteiger partial charge in [-0.2, -0.15) is 0 Å². The standard InChI is InChI=1S/C24H49NO8/c1-2-3-4-5-6-7-8-9-10-11-12-13-14-18(27)20(28)17(25)16-32-24-23(31)22(30)21(29)19(15-26)33-24/h17-24,26-31H,2-16,25H2,1H3/t17-,18+,19+,20-,21-,22-,23+,24-/m0/s1. The molecule has 0 aliphatic carbocycles. The summed E-state index contributed by atoms with van der Waals surface area (Å²) >= 11 is 0. The number of ether oxygens (including phenoxy) is 2. The second kappa shape index (κ2) is 18.0. The Morgan fingerprint density at radius 3 is 1.82 bits per heavy atom. The summed E-state index contributed by atoms with van der Waals surface area (Å²) in [6, 6.07) is -0.926. The van der Waals surface area contributed by atoms with Crippen LogP contribution < -0.4 is 5.73 Å². The van der Waals surface area contributed by atoms with Crippen molar-refractivity contribution in [1.82, 2.24) is 0 Å². The molecule has 0 spiro atoms. The molecular weight excluding hydrogens is 430 g/mol. The van der Waals surface area contributed by atoms with Crippen LogP contribution in [0, 0.1) is 0 Å². The maximum absolute atomic E-state index is 10.3. The molecule has 0 unspecified atom stereocenters. The summed E-state index contributed by atoms with van der Waals surface area (Å²) in [5.74, 6) is 0. The van der Waals surface area contributed by atoms with E-state index < -0.39 is 55.6 Å². The topological polar surface area (TPSA) is 166 Å². The molecule has 0 radical (unpaired) electrons. The molecule has 0 amide bonds. The maximum atomic E-state index is 10.3. The monoisotopic (exact) mass is 479 g/mol. The number of unbranched alkanes of at least 4 members (excludes halogenated alkanes) is 11. The average molecular weight is 480 g/mol. The van der Waals surface area contributed by atoms with Crippen LogP contribution in [-0.2, 0) is 9.47 Å². The molecule has 1 rings (SSSR count). The highest BCUT2D eigenvalue weighted by atomic mass is 16.7. The van der Waals surface area contributed by atoms with Crippen molar-refractivity contribution in [1.29, 1.82) is 0 Å². The molecule has 8 N–H and O–H groups in total. The zero-order chi connectivity index (χ0) is 24.6. The van der Waals surface area contributed by atoms with Crippen LogP contribution in [0.3, 0.4) is 0 Å². The lowest BCUT2D eigenvalue weighted by molar-refractivity contribution is -0.302. The molecule has 1 aliphatic heterocycles. The van der Waals surface area contributed by atoms with Gasteiger partial charge in [-0.15, -0.1) is 0 Å². The SMILES string of the molecule is CCCCCCCCCCCCCC[C@@H](O)[C@@H](O)[C@@H](N)CO[C@H]1O[C@H](CO)[C@H](O)[C@H](O)[C@H]1O. The summed E-state index contributed by atoms with van der Waals surface area (Å²) in [5, 5.41) is 59.2. The van der Waals surface area contributed by atoms with Gasteiger partial charge in [-0.25, -0.2) is 0 Å².